The standard InChI is InChI=1S/C15H23N3O3.HI/c1-20-12-8-11(9-13(21-2)14(12)19)10-17-15(16)18-6-4-3-5-7-18;/h8-9,19H,3-7,10H2,1-2H3,(H2,16,17);1H. The number of rotatable bonds is 4. The second-order valence-corrected chi connectivity index (χ2v) is 5.07. The topological polar surface area (TPSA) is 80.3 Å². The molecule has 1 fully saturated rings. The molecule has 0 aromatic heterocycles. The molecule has 124 valence electrons. The minimum absolute atomic E-state index is 0. The summed E-state index contributed by atoms with van der Waals surface area (Å²) in [5.41, 5.74) is 6.91. The number of likely N-dealkylation sites (tertiary alicyclic amines) is 1. The van der Waals surface area contributed by atoms with Gasteiger partial charge in [-0.25, -0.2) is 4.99 Å². The fourth-order valence-electron chi connectivity index (χ4n) is 2.43. The first-order valence-corrected chi connectivity index (χ1v) is 7.14. The normalized spacial score (nSPS) is 15.2. The molecule has 22 heavy (non-hydrogen) atoms. The molecule has 0 amide bonds. The van der Waals surface area contributed by atoms with Gasteiger partial charge < -0.3 is 25.2 Å². The molecule has 0 spiro atoms. The zero-order chi connectivity index (χ0) is 15.2. The van der Waals surface area contributed by atoms with E-state index in [1.54, 1.807) is 12.1 Å². The monoisotopic (exact) mass is 421 g/mol. The number of methoxy groups -OCH3 is 2. The SMILES string of the molecule is COc1cc(CN=C(N)N2CCCCC2)cc(OC)c1O.I. The fourth-order valence-corrected chi connectivity index (χ4v) is 2.43. The van der Waals surface area contributed by atoms with Gasteiger partial charge in [-0.2, -0.15) is 0 Å². The number of benzene rings is 1. The summed E-state index contributed by atoms with van der Waals surface area (Å²) < 4.78 is 10.3. The molecule has 6 nitrogen and oxygen atoms in total. The Morgan fingerprint density at radius 2 is 1.73 bits per heavy atom. The Labute approximate surface area is 148 Å². The minimum Gasteiger partial charge on any atom is -0.502 e. The summed E-state index contributed by atoms with van der Waals surface area (Å²) in [6.45, 7) is 2.37. The van der Waals surface area contributed by atoms with Gasteiger partial charge in [0.15, 0.2) is 17.5 Å². The van der Waals surface area contributed by atoms with Gasteiger partial charge in [-0.05, 0) is 37.0 Å². The van der Waals surface area contributed by atoms with Gasteiger partial charge in [0, 0.05) is 13.1 Å². The Kier molecular flexibility index (Phi) is 7.57. The van der Waals surface area contributed by atoms with Crippen molar-refractivity contribution in [2.75, 3.05) is 27.3 Å². The summed E-state index contributed by atoms with van der Waals surface area (Å²) in [6.07, 6.45) is 3.59. The first-order chi connectivity index (χ1) is 10.2. The summed E-state index contributed by atoms with van der Waals surface area (Å²) in [6, 6.07) is 3.48. The summed E-state index contributed by atoms with van der Waals surface area (Å²) in [5, 5.41) is 9.88. The van der Waals surface area contributed by atoms with Crippen molar-refractivity contribution in [1.29, 1.82) is 0 Å². The van der Waals surface area contributed by atoms with Gasteiger partial charge in [-0.1, -0.05) is 0 Å². The molecule has 1 heterocycles. The van der Waals surface area contributed by atoms with Gasteiger partial charge in [0.05, 0.1) is 20.8 Å². The van der Waals surface area contributed by atoms with Crippen molar-refractivity contribution in [1.82, 2.24) is 4.90 Å². The summed E-state index contributed by atoms with van der Waals surface area (Å²) in [7, 11) is 3.01. The van der Waals surface area contributed by atoms with E-state index < -0.39 is 0 Å². The van der Waals surface area contributed by atoms with Crippen molar-refractivity contribution in [2.45, 2.75) is 25.8 Å². The van der Waals surface area contributed by atoms with Crippen molar-refractivity contribution >= 4 is 29.9 Å². The zero-order valence-corrected chi connectivity index (χ0v) is 15.4. The van der Waals surface area contributed by atoms with Crippen molar-refractivity contribution in [3.8, 4) is 17.2 Å². The molecule has 0 aliphatic carbocycles. The second kappa shape index (κ2) is 8.92. The first kappa shape index (κ1) is 18.7. The highest BCUT2D eigenvalue weighted by Gasteiger charge is 2.13. The number of halogens is 1. The molecule has 2 rings (SSSR count). The maximum Gasteiger partial charge on any atom is 0.200 e. The van der Waals surface area contributed by atoms with Gasteiger partial charge in [-0.15, -0.1) is 24.0 Å². The van der Waals surface area contributed by atoms with Crippen molar-refractivity contribution in [3.05, 3.63) is 17.7 Å². The number of nitrogens with two attached hydrogens (primary N) is 1. The number of aliphatic imine (C=N–C) groups is 1. The lowest BCUT2D eigenvalue weighted by Gasteiger charge is -2.27. The van der Waals surface area contributed by atoms with Crippen LogP contribution < -0.4 is 15.2 Å². The maximum atomic E-state index is 9.88. The number of aromatic hydroxyl groups is 1. The predicted molar refractivity (Wildman–Crippen MR) is 97.4 cm³/mol. The van der Waals surface area contributed by atoms with Crippen LogP contribution >= 0.6 is 24.0 Å². The molecular formula is C15H24IN3O3. The molecule has 0 atom stereocenters. The predicted octanol–water partition coefficient (Wildman–Crippen LogP) is 2.33. The van der Waals surface area contributed by atoms with Crippen LogP contribution in [0.1, 0.15) is 24.8 Å². The number of phenols is 1. The molecule has 1 saturated heterocycles. The number of guanidine groups is 1. The van der Waals surface area contributed by atoms with E-state index in [1.807, 2.05) is 0 Å². The maximum absolute atomic E-state index is 9.88. The average Bonchev–Trinajstić information content (AvgIpc) is 2.54. The van der Waals surface area contributed by atoms with Crippen LogP contribution in [0.3, 0.4) is 0 Å². The van der Waals surface area contributed by atoms with E-state index in [0.29, 0.717) is 24.0 Å². The van der Waals surface area contributed by atoms with Crippen LogP contribution in [0, 0.1) is 0 Å². The third kappa shape index (κ3) is 4.56. The van der Waals surface area contributed by atoms with Gasteiger partial charge in [0.2, 0.25) is 5.75 Å². The lowest BCUT2D eigenvalue weighted by atomic mass is 10.1. The molecular weight excluding hydrogens is 397 g/mol. The summed E-state index contributed by atoms with van der Waals surface area (Å²) >= 11 is 0. The molecule has 1 aromatic rings. The van der Waals surface area contributed by atoms with E-state index >= 15 is 0 Å². The van der Waals surface area contributed by atoms with Crippen LogP contribution in [-0.2, 0) is 6.54 Å². The van der Waals surface area contributed by atoms with E-state index in [2.05, 4.69) is 9.89 Å². The van der Waals surface area contributed by atoms with E-state index in [4.69, 9.17) is 15.2 Å². The average molecular weight is 421 g/mol. The van der Waals surface area contributed by atoms with E-state index in [9.17, 15) is 5.11 Å². The highest BCUT2D eigenvalue weighted by atomic mass is 127. The third-order valence-electron chi connectivity index (χ3n) is 3.64. The number of piperidine rings is 1. The largest absolute Gasteiger partial charge is 0.502 e. The van der Waals surface area contributed by atoms with Gasteiger partial charge in [-0.3, -0.25) is 0 Å². The van der Waals surface area contributed by atoms with Gasteiger partial charge in [0.1, 0.15) is 0 Å². The van der Waals surface area contributed by atoms with E-state index in [0.717, 1.165) is 31.5 Å². The van der Waals surface area contributed by atoms with Crippen LogP contribution in [0.2, 0.25) is 0 Å². The van der Waals surface area contributed by atoms with Crippen LogP contribution in [0.5, 0.6) is 17.2 Å². The number of phenolic OH excluding ortho intramolecular Hbond substituents is 1. The van der Waals surface area contributed by atoms with Crippen molar-refractivity contribution in [2.24, 2.45) is 10.7 Å². The molecule has 7 heteroatoms. The van der Waals surface area contributed by atoms with Crippen LogP contribution in [0.4, 0.5) is 0 Å². The van der Waals surface area contributed by atoms with Crippen molar-refractivity contribution < 1.29 is 14.6 Å². The second-order valence-electron chi connectivity index (χ2n) is 5.07. The number of hydrogen-bond donors (Lipinski definition) is 2. The number of hydrogen-bond acceptors (Lipinski definition) is 4. The molecule has 0 bridgehead atoms. The van der Waals surface area contributed by atoms with E-state index in [1.165, 1.54) is 20.6 Å². The van der Waals surface area contributed by atoms with Crippen LogP contribution in [-0.4, -0.2) is 43.3 Å². The quantitative estimate of drug-likeness (QED) is 0.443. The zero-order valence-electron chi connectivity index (χ0n) is 13.0. The lowest BCUT2D eigenvalue weighted by Crippen LogP contribution is -2.40. The summed E-state index contributed by atoms with van der Waals surface area (Å²) in [4.78, 5) is 6.54. The van der Waals surface area contributed by atoms with Crippen molar-refractivity contribution in [3.63, 3.8) is 0 Å². The molecule has 1 aliphatic heterocycles. The Balaban J connectivity index is 0.00000242. The Morgan fingerprint density at radius 3 is 2.23 bits per heavy atom. The van der Waals surface area contributed by atoms with Crippen LogP contribution in [0.25, 0.3) is 0 Å². The lowest BCUT2D eigenvalue weighted by molar-refractivity contribution is 0.337. The molecule has 1 aliphatic rings. The molecule has 1 aromatic carbocycles. The Morgan fingerprint density at radius 1 is 1.18 bits per heavy atom. The van der Waals surface area contributed by atoms with E-state index in [-0.39, 0.29) is 29.7 Å². The molecule has 3 N–H and O–H groups in total. The van der Waals surface area contributed by atoms with Gasteiger partial charge in [0.25, 0.3) is 0 Å². The van der Waals surface area contributed by atoms with Crippen LogP contribution in [0.15, 0.2) is 17.1 Å². The van der Waals surface area contributed by atoms with Gasteiger partial charge >= 0.3 is 0 Å². The fraction of sp³-hybridized carbons (Fsp3) is 0.533. The molecule has 0 unspecified atom stereocenters. The first-order valence-electron chi connectivity index (χ1n) is 7.14. The number of nitrogens with zero attached hydrogens (tertiary/aromatic N) is 2. The molecule has 0 radical (unpaired) electrons. The Hall–Kier alpha value is -1.38. The number of ether oxygens (including phenoxy) is 2. The minimum atomic E-state index is -0.00303. The highest BCUT2D eigenvalue weighted by Crippen LogP contribution is 2.37. The Bertz CT molecular complexity index is 492. The molecule has 0 saturated carbocycles. The third-order valence-corrected chi connectivity index (χ3v) is 3.64. The summed E-state index contributed by atoms with van der Waals surface area (Å²) in [5.74, 6) is 1.31. The highest BCUT2D eigenvalue weighted by molar-refractivity contribution is 14.0. The smallest absolute Gasteiger partial charge is 0.200 e.